The Morgan fingerprint density at radius 3 is 2.66 bits per heavy atom. The molecular formula is C25H22N2O5. The summed E-state index contributed by atoms with van der Waals surface area (Å²) in [4.78, 5) is 31.6. The zero-order chi connectivity index (χ0) is 22.8. The van der Waals surface area contributed by atoms with Crippen LogP contribution in [0.1, 0.15) is 29.7 Å². The second-order valence-electron chi connectivity index (χ2n) is 7.41. The summed E-state index contributed by atoms with van der Waals surface area (Å²) < 4.78 is 5.50. The third-order valence-corrected chi connectivity index (χ3v) is 5.25. The number of hydrogen-bond donors (Lipinski definition) is 2. The van der Waals surface area contributed by atoms with Crippen LogP contribution in [-0.4, -0.2) is 33.5 Å². The molecule has 2 N–H and O–H groups in total. The molecule has 162 valence electrons. The van der Waals surface area contributed by atoms with Crippen molar-refractivity contribution in [1.29, 1.82) is 0 Å². The van der Waals surface area contributed by atoms with Gasteiger partial charge in [0, 0.05) is 18.0 Å². The number of aromatic hydroxyl groups is 1. The Hall–Kier alpha value is -4.13. The van der Waals surface area contributed by atoms with E-state index in [-0.39, 0.29) is 22.8 Å². The third kappa shape index (κ3) is 3.69. The van der Waals surface area contributed by atoms with Gasteiger partial charge >= 0.3 is 0 Å². The molecule has 1 aliphatic rings. The highest BCUT2D eigenvalue weighted by molar-refractivity contribution is 6.51. The van der Waals surface area contributed by atoms with Gasteiger partial charge in [-0.1, -0.05) is 24.3 Å². The number of hydrogen-bond acceptors (Lipinski definition) is 6. The summed E-state index contributed by atoms with van der Waals surface area (Å²) in [7, 11) is 0. The molecule has 1 unspecified atom stereocenters. The first-order valence-electron chi connectivity index (χ1n) is 10.2. The maximum atomic E-state index is 13.2. The number of aryl methyl sites for hydroxylation is 1. The van der Waals surface area contributed by atoms with Gasteiger partial charge in [-0.2, -0.15) is 0 Å². The number of aliphatic hydroxyl groups excluding tert-OH is 1. The van der Waals surface area contributed by atoms with Gasteiger partial charge in [-0.05, 0) is 55.3 Å². The van der Waals surface area contributed by atoms with E-state index in [1.54, 1.807) is 54.7 Å². The maximum absolute atomic E-state index is 13.2. The number of phenols is 1. The van der Waals surface area contributed by atoms with Gasteiger partial charge in [-0.15, -0.1) is 0 Å². The molecule has 4 rings (SSSR count). The van der Waals surface area contributed by atoms with E-state index in [0.29, 0.717) is 23.5 Å². The summed E-state index contributed by atoms with van der Waals surface area (Å²) in [5.41, 5.74) is 1.76. The number of phenolic OH excluding ortho intramolecular Hbond substituents is 1. The number of anilines is 1. The van der Waals surface area contributed by atoms with Gasteiger partial charge in [0.2, 0.25) is 0 Å². The zero-order valence-corrected chi connectivity index (χ0v) is 17.6. The van der Waals surface area contributed by atoms with Crippen LogP contribution in [0.4, 0.5) is 5.69 Å². The fourth-order valence-corrected chi connectivity index (χ4v) is 3.82. The predicted octanol–water partition coefficient (Wildman–Crippen LogP) is 4.12. The molecule has 3 aromatic rings. The van der Waals surface area contributed by atoms with Crippen molar-refractivity contribution in [2.45, 2.75) is 19.9 Å². The van der Waals surface area contributed by atoms with Crippen LogP contribution in [0.2, 0.25) is 0 Å². The summed E-state index contributed by atoms with van der Waals surface area (Å²) in [6, 6.07) is 13.9. The van der Waals surface area contributed by atoms with E-state index in [1.807, 2.05) is 13.8 Å². The van der Waals surface area contributed by atoms with Crippen LogP contribution in [0, 0.1) is 6.92 Å². The molecule has 1 aromatic heterocycles. The number of benzene rings is 2. The first-order valence-corrected chi connectivity index (χ1v) is 10.2. The van der Waals surface area contributed by atoms with E-state index < -0.39 is 17.7 Å². The van der Waals surface area contributed by atoms with Crippen LogP contribution in [0.5, 0.6) is 11.5 Å². The van der Waals surface area contributed by atoms with Crippen LogP contribution in [0.15, 0.2) is 72.6 Å². The number of carbonyl (C=O) groups excluding carboxylic acids is 2. The Morgan fingerprint density at radius 1 is 1.12 bits per heavy atom. The number of aromatic nitrogens is 1. The molecule has 0 bridgehead atoms. The second-order valence-corrected chi connectivity index (χ2v) is 7.41. The first-order chi connectivity index (χ1) is 15.4. The number of rotatable bonds is 5. The first kappa shape index (κ1) is 21.1. The van der Waals surface area contributed by atoms with E-state index in [1.165, 1.54) is 17.2 Å². The largest absolute Gasteiger partial charge is 0.507 e. The molecule has 7 nitrogen and oxygen atoms in total. The lowest BCUT2D eigenvalue weighted by atomic mass is 9.96. The fraction of sp³-hybridized carbons (Fsp3) is 0.160. The summed E-state index contributed by atoms with van der Waals surface area (Å²) in [5, 5.41) is 21.6. The minimum atomic E-state index is -0.966. The van der Waals surface area contributed by atoms with Gasteiger partial charge in [0.1, 0.15) is 17.3 Å². The third-order valence-electron chi connectivity index (χ3n) is 5.25. The number of carbonyl (C=O) groups is 2. The quantitative estimate of drug-likeness (QED) is 0.359. The topological polar surface area (TPSA) is 100.0 Å². The van der Waals surface area contributed by atoms with E-state index in [9.17, 15) is 19.8 Å². The van der Waals surface area contributed by atoms with Crippen molar-refractivity contribution in [2.75, 3.05) is 11.5 Å². The number of Topliss-reactive ketones (excluding diaryl/α,β-unsaturated/α-hetero) is 1. The van der Waals surface area contributed by atoms with Crippen LogP contribution in [-0.2, 0) is 9.59 Å². The van der Waals surface area contributed by atoms with Gasteiger partial charge in [0.15, 0.2) is 0 Å². The van der Waals surface area contributed by atoms with Gasteiger partial charge < -0.3 is 14.9 Å². The van der Waals surface area contributed by atoms with Gasteiger partial charge in [-0.25, -0.2) is 0 Å². The number of nitrogens with zero attached hydrogens (tertiary/aromatic N) is 2. The van der Waals surface area contributed by atoms with Crippen molar-refractivity contribution in [3.8, 4) is 11.5 Å². The molecule has 2 heterocycles. The van der Waals surface area contributed by atoms with E-state index in [2.05, 4.69) is 4.98 Å². The van der Waals surface area contributed by atoms with E-state index >= 15 is 0 Å². The van der Waals surface area contributed by atoms with E-state index in [0.717, 1.165) is 5.56 Å². The zero-order valence-electron chi connectivity index (χ0n) is 17.6. The summed E-state index contributed by atoms with van der Waals surface area (Å²) in [6.45, 7) is 4.10. The highest BCUT2D eigenvalue weighted by Crippen LogP contribution is 2.44. The summed E-state index contributed by atoms with van der Waals surface area (Å²) in [5.74, 6) is -1.64. The molecule has 2 aromatic carbocycles. The Balaban J connectivity index is 1.94. The lowest BCUT2D eigenvalue weighted by Gasteiger charge is -2.26. The van der Waals surface area contributed by atoms with Crippen molar-refractivity contribution < 1.29 is 24.5 Å². The van der Waals surface area contributed by atoms with Crippen LogP contribution in [0.25, 0.3) is 5.76 Å². The lowest BCUT2D eigenvalue weighted by molar-refractivity contribution is -0.132. The molecule has 7 heteroatoms. The molecule has 1 atom stereocenters. The number of ether oxygens (including phenoxy) is 1. The second kappa shape index (κ2) is 8.55. The Labute approximate surface area is 185 Å². The van der Waals surface area contributed by atoms with Gasteiger partial charge in [-0.3, -0.25) is 19.5 Å². The Bertz CT molecular complexity index is 1220. The van der Waals surface area contributed by atoms with Gasteiger partial charge in [0.05, 0.1) is 23.9 Å². The number of pyridine rings is 1. The molecular weight excluding hydrogens is 408 g/mol. The Kier molecular flexibility index (Phi) is 5.64. The fourth-order valence-electron chi connectivity index (χ4n) is 3.82. The SMILES string of the molecule is CCOc1cccc(/C(O)=C2\C(=O)C(=O)N(c3cc(C)ccc3O)C2c2cccnc2)c1. The highest BCUT2D eigenvalue weighted by atomic mass is 16.5. The van der Waals surface area contributed by atoms with Crippen molar-refractivity contribution >= 4 is 23.1 Å². The molecule has 1 amide bonds. The van der Waals surface area contributed by atoms with Crippen molar-refractivity contribution in [1.82, 2.24) is 4.98 Å². The average molecular weight is 430 g/mol. The van der Waals surface area contributed by atoms with Crippen molar-refractivity contribution in [3.63, 3.8) is 0 Å². The molecule has 0 spiro atoms. The summed E-state index contributed by atoms with van der Waals surface area (Å²) in [6.07, 6.45) is 3.10. The predicted molar refractivity (Wildman–Crippen MR) is 119 cm³/mol. The number of amides is 1. The van der Waals surface area contributed by atoms with Crippen molar-refractivity contribution in [2.24, 2.45) is 0 Å². The molecule has 32 heavy (non-hydrogen) atoms. The molecule has 0 aliphatic carbocycles. The van der Waals surface area contributed by atoms with Crippen molar-refractivity contribution in [3.05, 3.63) is 89.3 Å². The molecule has 1 fully saturated rings. The maximum Gasteiger partial charge on any atom is 0.300 e. The highest BCUT2D eigenvalue weighted by Gasteiger charge is 2.47. The molecule has 0 radical (unpaired) electrons. The lowest BCUT2D eigenvalue weighted by Crippen LogP contribution is -2.29. The van der Waals surface area contributed by atoms with Crippen LogP contribution >= 0.6 is 0 Å². The standard InChI is InChI=1S/C25H22N2O5/c1-3-32-18-8-4-6-16(13-18)23(29)21-22(17-7-5-11-26-14-17)27(25(31)24(21)30)19-12-15(2)9-10-20(19)28/h4-14,22,28-29H,3H2,1-2H3/b23-21+. The van der Waals surface area contributed by atoms with Crippen LogP contribution in [0.3, 0.4) is 0 Å². The Morgan fingerprint density at radius 2 is 1.94 bits per heavy atom. The van der Waals surface area contributed by atoms with E-state index in [4.69, 9.17) is 4.74 Å². The van der Waals surface area contributed by atoms with Crippen LogP contribution < -0.4 is 9.64 Å². The monoisotopic (exact) mass is 430 g/mol. The average Bonchev–Trinajstić information content (AvgIpc) is 3.06. The minimum absolute atomic E-state index is 0.0856. The smallest absolute Gasteiger partial charge is 0.300 e. The summed E-state index contributed by atoms with van der Waals surface area (Å²) >= 11 is 0. The molecule has 1 aliphatic heterocycles. The minimum Gasteiger partial charge on any atom is -0.507 e. The van der Waals surface area contributed by atoms with Gasteiger partial charge in [0.25, 0.3) is 11.7 Å². The number of aliphatic hydroxyl groups is 1. The normalized spacial score (nSPS) is 17.6. The molecule has 0 saturated carbocycles. The molecule has 1 saturated heterocycles. The number of ketones is 1.